The molecule has 0 aliphatic heterocycles. The van der Waals surface area contributed by atoms with E-state index in [9.17, 15) is 4.79 Å². The summed E-state index contributed by atoms with van der Waals surface area (Å²) in [4.78, 5) is 11.9. The lowest BCUT2D eigenvalue weighted by Gasteiger charge is -2.10. The normalized spacial score (nSPS) is 10.8. The van der Waals surface area contributed by atoms with E-state index in [4.69, 9.17) is 16.3 Å². The molecular weight excluding hydrogens is 236 g/mol. The lowest BCUT2D eigenvalue weighted by atomic mass is 10.0. The first-order chi connectivity index (χ1) is 8.09. The molecule has 0 aromatic heterocycles. The molecule has 2 rings (SSSR count). The fraction of sp³-hybridized carbons (Fsp3) is 0.214. The Labute approximate surface area is 105 Å². The first kappa shape index (κ1) is 11.9. The van der Waals surface area contributed by atoms with E-state index in [0.717, 1.165) is 10.8 Å². The highest BCUT2D eigenvalue weighted by atomic mass is 35.5. The van der Waals surface area contributed by atoms with Crippen molar-refractivity contribution < 1.29 is 9.53 Å². The van der Waals surface area contributed by atoms with Gasteiger partial charge in [0, 0.05) is 10.4 Å². The molecule has 0 aliphatic carbocycles. The molecule has 0 aliphatic rings. The van der Waals surface area contributed by atoms with E-state index in [1.807, 2.05) is 38.1 Å². The number of hydrogen-bond donors (Lipinski definition) is 0. The van der Waals surface area contributed by atoms with Crippen LogP contribution in [-0.2, 0) is 4.74 Å². The number of ether oxygens (including phenoxy) is 1. The predicted octanol–water partition coefficient (Wildman–Crippen LogP) is 4.06. The second-order valence-electron chi connectivity index (χ2n) is 4.09. The highest BCUT2D eigenvalue weighted by Gasteiger charge is 2.13. The van der Waals surface area contributed by atoms with Crippen LogP contribution in [0.15, 0.2) is 36.4 Å². The van der Waals surface area contributed by atoms with Crippen molar-refractivity contribution in [1.29, 1.82) is 0 Å². The summed E-state index contributed by atoms with van der Waals surface area (Å²) in [6.45, 7) is 3.66. The van der Waals surface area contributed by atoms with Gasteiger partial charge in [0.15, 0.2) is 0 Å². The van der Waals surface area contributed by atoms with Gasteiger partial charge in [-0.25, -0.2) is 4.79 Å². The molecule has 2 nitrogen and oxygen atoms in total. The van der Waals surface area contributed by atoms with Gasteiger partial charge in [-0.15, -0.1) is 0 Å². The molecule has 0 bridgehead atoms. The van der Waals surface area contributed by atoms with Crippen LogP contribution in [0.5, 0.6) is 0 Å². The molecule has 2 aromatic carbocycles. The number of hydrogen-bond acceptors (Lipinski definition) is 2. The van der Waals surface area contributed by atoms with Crippen LogP contribution in [0.2, 0.25) is 5.02 Å². The molecule has 0 spiro atoms. The standard InChI is InChI=1S/C14H13ClO2/c1-9(2)17-14(16)12-7-8-13(15)11-6-4-3-5-10(11)12/h3-9H,1-2H3. The second-order valence-corrected chi connectivity index (χ2v) is 4.50. The molecule has 0 heterocycles. The van der Waals surface area contributed by atoms with Crippen molar-refractivity contribution in [3.63, 3.8) is 0 Å². The van der Waals surface area contributed by atoms with Gasteiger partial charge < -0.3 is 4.74 Å². The zero-order chi connectivity index (χ0) is 12.4. The maximum absolute atomic E-state index is 11.9. The fourth-order valence-electron chi connectivity index (χ4n) is 1.72. The zero-order valence-corrected chi connectivity index (χ0v) is 10.5. The van der Waals surface area contributed by atoms with Gasteiger partial charge >= 0.3 is 5.97 Å². The Morgan fingerprint density at radius 1 is 1.12 bits per heavy atom. The summed E-state index contributed by atoms with van der Waals surface area (Å²) < 4.78 is 5.20. The largest absolute Gasteiger partial charge is 0.459 e. The van der Waals surface area contributed by atoms with Crippen LogP contribution in [0, 0.1) is 0 Å². The zero-order valence-electron chi connectivity index (χ0n) is 9.74. The van der Waals surface area contributed by atoms with Gasteiger partial charge in [-0.3, -0.25) is 0 Å². The topological polar surface area (TPSA) is 26.3 Å². The second kappa shape index (κ2) is 4.76. The predicted molar refractivity (Wildman–Crippen MR) is 69.5 cm³/mol. The molecule has 88 valence electrons. The van der Waals surface area contributed by atoms with Gasteiger partial charge in [-0.2, -0.15) is 0 Å². The van der Waals surface area contributed by atoms with Crippen molar-refractivity contribution in [3.8, 4) is 0 Å². The van der Waals surface area contributed by atoms with Crippen LogP contribution in [0.25, 0.3) is 10.8 Å². The number of rotatable bonds is 2. The molecule has 0 unspecified atom stereocenters. The summed E-state index contributed by atoms with van der Waals surface area (Å²) in [6, 6.07) is 11.0. The number of esters is 1. The van der Waals surface area contributed by atoms with E-state index in [1.54, 1.807) is 12.1 Å². The summed E-state index contributed by atoms with van der Waals surface area (Å²) in [5.74, 6) is -0.312. The molecule has 0 amide bonds. The van der Waals surface area contributed by atoms with Crippen LogP contribution >= 0.6 is 11.6 Å². The number of carbonyl (C=O) groups is 1. The van der Waals surface area contributed by atoms with Gasteiger partial charge in [0.05, 0.1) is 11.7 Å². The molecule has 0 N–H and O–H groups in total. The number of benzene rings is 2. The molecule has 0 fully saturated rings. The minimum absolute atomic E-state index is 0.128. The smallest absolute Gasteiger partial charge is 0.339 e. The molecular formula is C14H13ClO2. The fourth-order valence-corrected chi connectivity index (χ4v) is 1.95. The van der Waals surface area contributed by atoms with Crippen molar-refractivity contribution in [2.45, 2.75) is 20.0 Å². The molecule has 0 radical (unpaired) electrons. The van der Waals surface area contributed by atoms with E-state index in [1.165, 1.54) is 0 Å². The maximum Gasteiger partial charge on any atom is 0.339 e. The molecule has 0 saturated carbocycles. The van der Waals surface area contributed by atoms with Crippen LogP contribution in [0.1, 0.15) is 24.2 Å². The summed E-state index contributed by atoms with van der Waals surface area (Å²) >= 11 is 6.09. The van der Waals surface area contributed by atoms with E-state index in [-0.39, 0.29) is 12.1 Å². The molecule has 0 atom stereocenters. The minimum Gasteiger partial charge on any atom is -0.459 e. The van der Waals surface area contributed by atoms with E-state index in [2.05, 4.69) is 0 Å². The Balaban J connectivity index is 2.55. The molecule has 3 heteroatoms. The Bertz CT molecular complexity index is 561. The van der Waals surface area contributed by atoms with Gasteiger partial charge in [-0.05, 0) is 31.4 Å². The quantitative estimate of drug-likeness (QED) is 0.750. The Kier molecular flexibility index (Phi) is 3.34. The highest BCUT2D eigenvalue weighted by Crippen LogP contribution is 2.26. The van der Waals surface area contributed by atoms with E-state index >= 15 is 0 Å². The Hall–Kier alpha value is -1.54. The lowest BCUT2D eigenvalue weighted by Crippen LogP contribution is -2.11. The lowest BCUT2D eigenvalue weighted by molar-refractivity contribution is 0.0380. The first-order valence-corrected chi connectivity index (χ1v) is 5.85. The molecule has 17 heavy (non-hydrogen) atoms. The van der Waals surface area contributed by atoms with Crippen molar-refractivity contribution in [2.24, 2.45) is 0 Å². The number of halogens is 1. The third-order valence-corrected chi connectivity index (χ3v) is 2.76. The third kappa shape index (κ3) is 2.42. The van der Waals surface area contributed by atoms with Crippen molar-refractivity contribution in [1.82, 2.24) is 0 Å². The van der Waals surface area contributed by atoms with Crippen LogP contribution < -0.4 is 0 Å². The Morgan fingerprint density at radius 2 is 1.76 bits per heavy atom. The van der Waals surface area contributed by atoms with E-state index < -0.39 is 0 Å². The minimum atomic E-state index is -0.312. The third-order valence-electron chi connectivity index (χ3n) is 2.43. The SMILES string of the molecule is CC(C)OC(=O)c1ccc(Cl)c2ccccc12. The summed E-state index contributed by atoms with van der Waals surface area (Å²) in [5, 5.41) is 2.33. The summed E-state index contributed by atoms with van der Waals surface area (Å²) in [6.07, 6.45) is -0.128. The first-order valence-electron chi connectivity index (χ1n) is 5.48. The highest BCUT2D eigenvalue weighted by molar-refractivity contribution is 6.36. The number of fused-ring (bicyclic) bond motifs is 1. The van der Waals surface area contributed by atoms with Crippen LogP contribution in [-0.4, -0.2) is 12.1 Å². The Morgan fingerprint density at radius 3 is 2.41 bits per heavy atom. The van der Waals surface area contributed by atoms with Crippen molar-refractivity contribution in [2.75, 3.05) is 0 Å². The van der Waals surface area contributed by atoms with Gasteiger partial charge in [0.2, 0.25) is 0 Å². The van der Waals surface area contributed by atoms with E-state index in [0.29, 0.717) is 10.6 Å². The monoisotopic (exact) mass is 248 g/mol. The van der Waals surface area contributed by atoms with Gasteiger partial charge in [-0.1, -0.05) is 35.9 Å². The average molecular weight is 249 g/mol. The average Bonchev–Trinajstić information content (AvgIpc) is 2.29. The summed E-state index contributed by atoms with van der Waals surface area (Å²) in [7, 11) is 0. The van der Waals surface area contributed by atoms with Gasteiger partial charge in [0.25, 0.3) is 0 Å². The maximum atomic E-state index is 11.9. The van der Waals surface area contributed by atoms with Crippen molar-refractivity contribution in [3.05, 3.63) is 47.0 Å². The van der Waals surface area contributed by atoms with Crippen LogP contribution in [0.4, 0.5) is 0 Å². The van der Waals surface area contributed by atoms with Gasteiger partial charge in [0.1, 0.15) is 0 Å². The molecule has 2 aromatic rings. The number of carbonyl (C=O) groups excluding carboxylic acids is 1. The van der Waals surface area contributed by atoms with Crippen molar-refractivity contribution >= 4 is 28.3 Å². The molecule has 0 saturated heterocycles. The van der Waals surface area contributed by atoms with Crippen LogP contribution in [0.3, 0.4) is 0 Å². The summed E-state index contributed by atoms with van der Waals surface area (Å²) in [5.41, 5.74) is 0.554.